The van der Waals surface area contributed by atoms with Crippen molar-refractivity contribution in [2.45, 2.75) is 11.5 Å². The Hall–Kier alpha value is -3.13. The van der Waals surface area contributed by atoms with Crippen LogP contribution in [0.1, 0.15) is 11.1 Å². The number of likely N-dealkylation sites (N-methyl/N-ethyl adjacent to an activating group) is 1. The minimum absolute atomic E-state index is 0.0952. The highest BCUT2D eigenvalue weighted by atomic mass is 16.1. The Labute approximate surface area is 154 Å². The summed E-state index contributed by atoms with van der Waals surface area (Å²) in [7, 11) is 2.06. The Morgan fingerprint density at radius 2 is 1.19 bits per heavy atom. The molecular weight excluding hydrogens is 318 g/mol. The van der Waals surface area contributed by atoms with Crippen LogP contribution in [0, 0.1) is 0 Å². The van der Waals surface area contributed by atoms with Gasteiger partial charge in [0.15, 0.2) is 5.78 Å². The van der Waals surface area contributed by atoms with Crippen molar-refractivity contribution in [3.8, 4) is 0 Å². The lowest BCUT2D eigenvalue weighted by atomic mass is 9.68. The Balaban J connectivity index is 1.93. The van der Waals surface area contributed by atoms with Gasteiger partial charge in [0.25, 0.3) is 0 Å². The van der Waals surface area contributed by atoms with Gasteiger partial charge in [-0.1, -0.05) is 84.9 Å². The summed E-state index contributed by atoms with van der Waals surface area (Å²) in [6.45, 7) is 0. The molecule has 3 aromatic rings. The molecular formula is C24H21NO. The third-order valence-electron chi connectivity index (χ3n) is 5.30. The minimum Gasteiger partial charge on any atom is -0.366 e. The van der Waals surface area contributed by atoms with E-state index in [1.807, 2.05) is 60.7 Å². The smallest absolute Gasteiger partial charge is 0.172 e. The topological polar surface area (TPSA) is 20.3 Å². The van der Waals surface area contributed by atoms with Gasteiger partial charge in [0, 0.05) is 12.7 Å². The first kappa shape index (κ1) is 16.3. The maximum atomic E-state index is 13.3. The molecule has 3 aromatic carbocycles. The number of para-hydroxylation sites is 1. The SMILES string of the molecule is CN(c1ccccc1)[C@@H]1C=CC(=O)C1(c1ccccc1)c1ccccc1. The highest BCUT2D eigenvalue weighted by Crippen LogP contribution is 2.44. The zero-order valence-corrected chi connectivity index (χ0v) is 14.7. The lowest BCUT2D eigenvalue weighted by Crippen LogP contribution is -2.50. The summed E-state index contributed by atoms with van der Waals surface area (Å²) in [5.41, 5.74) is 2.39. The van der Waals surface area contributed by atoms with Gasteiger partial charge in [0.1, 0.15) is 5.41 Å². The first-order valence-corrected chi connectivity index (χ1v) is 8.86. The number of allylic oxidation sites excluding steroid dienone is 1. The summed E-state index contributed by atoms with van der Waals surface area (Å²) in [4.78, 5) is 15.5. The van der Waals surface area contributed by atoms with Crippen LogP contribution in [0.25, 0.3) is 0 Å². The molecule has 0 amide bonds. The van der Waals surface area contributed by atoms with Crippen LogP contribution in [0.3, 0.4) is 0 Å². The number of anilines is 1. The molecule has 0 N–H and O–H groups in total. The Bertz CT molecular complexity index is 877. The molecule has 4 rings (SSSR count). The number of benzene rings is 3. The molecule has 2 nitrogen and oxygen atoms in total. The van der Waals surface area contributed by atoms with Crippen molar-refractivity contribution in [1.82, 2.24) is 0 Å². The molecule has 2 heteroatoms. The van der Waals surface area contributed by atoms with Crippen molar-refractivity contribution in [3.05, 3.63) is 114 Å². The van der Waals surface area contributed by atoms with E-state index in [2.05, 4.69) is 48.3 Å². The molecule has 1 aliphatic rings. The zero-order chi connectivity index (χ0) is 18.0. The first-order chi connectivity index (χ1) is 12.7. The van der Waals surface area contributed by atoms with Gasteiger partial charge in [-0.15, -0.1) is 0 Å². The predicted molar refractivity (Wildman–Crippen MR) is 106 cm³/mol. The maximum absolute atomic E-state index is 13.3. The van der Waals surface area contributed by atoms with E-state index in [-0.39, 0.29) is 11.8 Å². The molecule has 0 saturated carbocycles. The largest absolute Gasteiger partial charge is 0.366 e. The lowest BCUT2D eigenvalue weighted by Gasteiger charge is -2.41. The third-order valence-corrected chi connectivity index (χ3v) is 5.30. The Morgan fingerprint density at radius 3 is 1.69 bits per heavy atom. The standard InChI is InChI=1S/C24H21NO/c1-25(21-15-9-4-10-16-21)22-17-18-23(26)24(22,19-11-5-2-6-12-19)20-13-7-3-8-14-20/h2-18,22H,1H3/t22-/m1/s1. The summed E-state index contributed by atoms with van der Waals surface area (Å²) in [6, 6.07) is 30.4. The van der Waals surface area contributed by atoms with Crippen molar-refractivity contribution in [1.29, 1.82) is 0 Å². The first-order valence-electron chi connectivity index (χ1n) is 8.86. The molecule has 0 bridgehead atoms. The van der Waals surface area contributed by atoms with Crippen LogP contribution in [0.2, 0.25) is 0 Å². The van der Waals surface area contributed by atoms with Crippen molar-refractivity contribution in [2.75, 3.05) is 11.9 Å². The fraction of sp³-hybridized carbons (Fsp3) is 0.125. The molecule has 0 aromatic heterocycles. The van der Waals surface area contributed by atoms with E-state index < -0.39 is 5.41 Å². The van der Waals surface area contributed by atoms with Gasteiger partial charge in [-0.25, -0.2) is 0 Å². The van der Waals surface area contributed by atoms with Crippen LogP contribution in [-0.2, 0) is 10.2 Å². The van der Waals surface area contributed by atoms with Crippen molar-refractivity contribution >= 4 is 11.5 Å². The third kappa shape index (κ3) is 2.46. The van der Waals surface area contributed by atoms with Crippen LogP contribution in [0.15, 0.2) is 103 Å². The average Bonchev–Trinajstić information content (AvgIpc) is 3.07. The van der Waals surface area contributed by atoms with E-state index in [1.54, 1.807) is 6.08 Å². The zero-order valence-electron chi connectivity index (χ0n) is 14.7. The number of carbonyl (C=O) groups is 1. The van der Waals surface area contributed by atoms with Crippen LogP contribution >= 0.6 is 0 Å². The summed E-state index contributed by atoms with van der Waals surface area (Å²) in [6.07, 6.45) is 3.78. The summed E-state index contributed by atoms with van der Waals surface area (Å²) >= 11 is 0. The van der Waals surface area contributed by atoms with Crippen LogP contribution < -0.4 is 4.90 Å². The van der Waals surface area contributed by atoms with Gasteiger partial charge in [-0.3, -0.25) is 4.79 Å². The average molecular weight is 339 g/mol. The van der Waals surface area contributed by atoms with Crippen LogP contribution in [0.5, 0.6) is 0 Å². The Morgan fingerprint density at radius 1 is 0.731 bits per heavy atom. The monoisotopic (exact) mass is 339 g/mol. The van der Waals surface area contributed by atoms with E-state index in [4.69, 9.17) is 0 Å². The van der Waals surface area contributed by atoms with E-state index >= 15 is 0 Å². The van der Waals surface area contributed by atoms with Gasteiger partial charge in [0.2, 0.25) is 0 Å². The minimum atomic E-state index is -0.743. The second kappa shape index (κ2) is 6.64. The molecule has 0 saturated heterocycles. The molecule has 0 unspecified atom stereocenters. The van der Waals surface area contributed by atoms with Gasteiger partial charge < -0.3 is 4.90 Å². The maximum Gasteiger partial charge on any atom is 0.172 e. The fourth-order valence-corrected chi connectivity index (χ4v) is 4.04. The second-order valence-corrected chi connectivity index (χ2v) is 6.65. The van der Waals surface area contributed by atoms with E-state index in [1.165, 1.54) is 0 Å². The molecule has 128 valence electrons. The highest BCUT2D eigenvalue weighted by molar-refractivity contribution is 6.06. The number of nitrogens with zero attached hydrogens (tertiary/aromatic N) is 1. The van der Waals surface area contributed by atoms with Crippen LogP contribution in [0.4, 0.5) is 5.69 Å². The number of carbonyl (C=O) groups excluding carboxylic acids is 1. The van der Waals surface area contributed by atoms with Crippen molar-refractivity contribution in [2.24, 2.45) is 0 Å². The molecule has 1 atom stereocenters. The summed E-state index contributed by atoms with van der Waals surface area (Å²) in [5, 5.41) is 0. The molecule has 0 heterocycles. The molecule has 0 aliphatic heterocycles. The fourth-order valence-electron chi connectivity index (χ4n) is 4.04. The van der Waals surface area contributed by atoms with E-state index in [9.17, 15) is 4.79 Å². The highest BCUT2D eigenvalue weighted by Gasteiger charge is 2.51. The number of ketones is 1. The van der Waals surface area contributed by atoms with Crippen molar-refractivity contribution < 1.29 is 4.79 Å². The van der Waals surface area contributed by atoms with Crippen LogP contribution in [-0.4, -0.2) is 18.9 Å². The number of hydrogen-bond acceptors (Lipinski definition) is 2. The summed E-state index contributed by atoms with van der Waals surface area (Å²) < 4.78 is 0. The van der Waals surface area contributed by atoms with Gasteiger partial charge in [-0.05, 0) is 29.3 Å². The molecule has 26 heavy (non-hydrogen) atoms. The number of hydrogen-bond donors (Lipinski definition) is 0. The van der Waals surface area contributed by atoms with Gasteiger partial charge in [0.05, 0.1) is 6.04 Å². The molecule has 0 radical (unpaired) electrons. The van der Waals surface area contributed by atoms with Crippen molar-refractivity contribution in [3.63, 3.8) is 0 Å². The Kier molecular flexibility index (Phi) is 4.18. The second-order valence-electron chi connectivity index (χ2n) is 6.65. The van der Waals surface area contributed by atoms with E-state index in [0.29, 0.717) is 0 Å². The van der Waals surface area contributed by atoms with E-state index in [0.717, 1.165) is 16.8 Å². The lowest BCUT2D eigenvalue weighted by molar-refractivity contribution is -0.118. The van der Waals surface area contributed by atoms with Gasteiger partial charge >= 0.3 is 0 Å². The predicted octanol–water partition coefficient (Wildman–Crippen LogP) is 4.62. The number of rotatable bonds is 4. The van der Waals surface area contributed by atoms with Gasteiger partial charge in [-0.2, -0.15) is 0 Å². The normalized spacial score (nSPS) is 18.0. The quantitative estimate of drug-likeness (QED) is 0.691. The summed E-state index contributed by atoms with van der Waals surface area (Å²) in [5.74, 6) is 0.127. The molecule has 0 spiro atoms. The molecule has 1 aliphatic carbocycles. The molecule has 0 fully saturated rings.